The van der Waals surface area contributed by atoms with Gasteiger partial charge in [0.05, 0.1) is 6.04 Å². The number of benzene rings is 1. The molecule has 2 atom stereocenters. The third-order valence-corrected chi connectivity index (χ3v) is 3.24. The predicted molar refractivity (Wildman–Crippen MR) is 65.2 cm³/mol. The number of phenols is 1. The Labute approximate surface area is 101 Å². The molecule has 1 N–H and O–H groups in total. The van der Waals surface area contributed by atoms with Crippen LogP contribution in [0.3, 0.4) is 0 Å². The molecule has 0 bridgehead atoms. The topological polar surface area (TPSA) is 40.5 Å². The van der Waals surface area contributed by atoms with Crippen LogP contribution in [0, 0.1) is 18.3 Å². The highest BCUT2D eigenvalue weighted by Crippen LogP contribution is 2.28. The minimum Gasteiger partial charge on any atom is -0.508 e. The normalized spacial score (nSPS) is 21.3. The Kier molecular flexibility index (Phi) is 3.06. The standard InChI is InChI=1S/C14H15NO2/c1-3-11-8-14(17)15(9-11)10(2)12-4-6-13(16)7-5-12/h1,4-7,10-11,16H,8-9H2,2H3. The number of aromatic hydroxyl groups is 1. The summed E-state index contributed by atoms with van der Waals surface area (Å²) in [6, 6.07) is 6.92. The molecule has 1 aromatic rings. The number of terminal acetylenes is 1. The first-order valence-electron chi connectivity index (χ1n) is 5.66. The van der Waals surface area contributed by atoms with E-state index in [1.807, 2.05) is 19.1 Å². The van der Waals surface area contributed by atoms with Crippen molar-refractivity contribution >= 4 is 5.91 Å². The van der Waals surface area contributed by atoms with Crippen LogP contribution in [0.4, 0.5) is 0 Å². The zero-order valence-electron chi connectivity index (χ0n) is 9.76. The number of rotatable bonds is 2. The first kappa shape index (κ1) is 11.5. The van der Waals surface area contributed by atoms with Crippen molar-refractivity contribution in [2.24, 2.45) is 5.92 Å². The molecular weight excluding hydrogens is 214 g/mol. The molecule has 0 spiro atoms. The zero-order valence-corrected chi connectivity index (χ0v) is 9.76. The van der Waals surface area contributed by atoms with Gasteiger partial charge in [-0.15, -0.1) is 12.3 Å². The van der Waals surface area contributed by atoms with Crippen LogP contribution in [0.15, 0.2) is 24.3 Å². The quantitative estimate of drug-likeness (QED) is 0.787. The van der Waals surface area contributed by atoms with E-state index in [-0.39, 0.29) is 23.6 Å². The van der Waals surface area contributed by atoms with Gasteiger partial charge in [0.15, 0.2) is 0 Å². The number of likely N-dealkylation sites (tertiary alicyclic amines) is 1. The van der Waals surface area contributed by atoms with E-state index in [1.54, 1.807) is 17.0 Å². The zero-order chi connectivity index (χ0) is 12.4. The monoisotopic (exact) mass is 229 g/mol. The number of nitrogens with zero attached hydrogens (tertiary/aromatic N) is 1. The molecule has 0 aromatic heterocycles. The minimum absolute atomic E-state index is 0.00134. The smallest absolute Gasteiger partial charge is 0.224 e. The fraction of sp³-hybridized carbons (Fsp3) is 0.357. The van der Waals surface area contributed by atoms with Crippen LogP contribution in [0.2, 0.25) is 0 Å². The number of amides is 1. The third-order valence-electron chi connectivity index (χ3n) is 3.24. The van der Waals surface area contributed by atoms with E-state index in [4.69, 9.17) is 6.42 Å². The molecule has 1 saturated heterocycles. The molecule has 17 heavy (non-hydrogen) atoms. The second kappa shape index (κ2) is 4.50. The van der Waals surface area contributed by atoms with Gasteiger partial charge in [0.1, 0.15) is 5.75 Å². The van der Waals surface area contributed by atoms with Gasteiger partial charge in [-0.25, -0.2) is 0 Å². The van der Waals surface area contributed by atoms with Gasteiger partial charge in [-0.2, -0.15) is 0 Å². The molecule has 1 fully saturated rings. The Hall–Kier alpha value is -1.95. The lowest BCUT2D eigenvalue weighted by Crippen LogP contribution is -2.28. The molecule has 1 heterocycles. The van der Waals surface area contributed by atoms with Crippen molar-refractivity contribution in [1.82, 2.24) is 4.90 Å². The maximum atomic E-state index is 11.8. The molecular formula is C14H15NO2. The molecule has 2 rings (SSSR count). The minimum atomic E-state index is 0.00134. The molecule has 1 aliphatic rings. The average Bonchev–Trinajstić information content (AvgIpc) is 2.71. The van der Waals surface area contributed by atoms with Crippen LogP contribution in [-0.2, 0) is 4.79 Å². The molecule has 3 nitrogen and oxygen atoms in total. The van der Waals surface area contributed by atoms with Gasteiger partial charge in [0.25, 0.3) is 0 Å². The van der Waals surface area contributed by atoms with E-state index >= 15 is 0 Å². The second-order valence-electron chi connectivity index (χ2n) is 4.38. The van der Waals surface area contributed by atoms with E-state index in [2.05, 4.69) is 5.92 Å². The first-order valence-corrected chi connectivity index (χ1v) is 5.66. The molecule has 3 heteroatoms. The van der Waals surface area contributed by atoms with Gasteiger partial charge in [-0.05, 0) is 24.6 Å². The Morgan fingerprint density at radius 1 is 1.47 bits per heavy atom. The molecule has 0 saturated carbocycles. The Balaban J connectivity index is 2.16. The molecule has 2 unspecified atom stereocenters. The molecule has 0 aliphatic carbocycles. The first-order chi connectivity index (χ1) is 8.11. The Morgan fingerprint density at radius 2 is 2.12 bits per heavy atom. The van der Waals surface area contributed by atoms with E-state index < -0.39 is 0 Å². The van der Waals surface area contributed by atoms with Crippen LogP contribution < -0.4 is 0 Å². The summed E-state index contributed by atoms with van der Waals surface area (Å²) in [7, 11) is 0. The highest BCUT2D eigenvalue weighted by Gasteiger charge is 2.31. The lowest BCUT2D eigenvalue weighted by molar-refractivity contribution is -0.129. The van der Waals surface area contributed by atoms with Gasteiger partial charge >= 0.3 is 0 Å². The summed E-state index contributed by atoms with van der Waals surface area (Å²) < 4.78 is 0. The van der Waals surface area contributed by atoms with Crippen LogP contribution >= 0.6 is 0 Å². The maximum Gasteiger partial charge on any atom is 0.224 e. The molecule has 1 aromatic carbocycles. The lowest BCUT2D eigenvalue weighted by Gasteiger charge is -2.24. The van der Waals surface area contributed by atoms with Crippen LogP contribution in [-0.4, -0.2) is 22.5 Å². The fourth-order valence-corrected chi connectivity index (χ4v) is 2.15. The molecule has 88 valence electrons. The van der Waals surface area contributed by atoms with Crippen molar-refractivity contribution in [2.75, 3.05) is 6.54 Å². The average molecular weight is 229 g/mol. The van der Waals surface area contributed by atoms with Gasteiger partial charge in [-0.3, -0.25) is 4.79 Å². The van der Waals surface area contributed by atoms with Gasteiger partial charge in [-0.1, -0.05) is 12.1 Å². The summed E-state index contributed by atoms with van der Waals surface area (Å²) in [4.78, 5) is 13.6. The number of carbonyl (C=O) groups is 1. The second-order valence-corrected chi connectivity index (χ2v) is 4.38. The number of hydrogen-bond donors (Lipinski definition) is 1. The largest absolute Gasteiger partial charge is 0.508 e. The summed E-state index contributed by atoms with van der Waals surface area (Å²) >= 11 is 0. The van der Waals surface area contributed by atoms with E-state index in [0.717, 1.165) is 5.56 Å². The van der Waals surface area contributed by atoms with Gasteiger partial charge in [0.2, 0.25) is 5.91 Å². The Bertz CT molecular complexity index is 458. The highest BCUT2D eigenvalue weighted by atomic mass is 16.3. The summed E-state index contributed by atoms with van der Waals surface area (Å²) in [5.41, 5.74) is 1.01. The van der Waals surface area contributed by atoms with Gasteiger partial charge in [0, 0.05) is 18.9 Å². The number of hydrogen-bond acceptors (Lipinski definition) is 2. The number of carbonyl (C=O) groups excluding carboxylic acids is 1. The predicted octanol–water partition coefficient (Wildman–Crippen LogP) is 1.93. The fourth-order valence-electron chi connectivity index (χ4n) is 2.15. The lowest BCUT2D eigenvalue weighted by atomic mass is 10.1. The van der Waals surface area contributed by atoms with Crippen LogP contribution in [0.25, 0.3) is 0 Å². The molecule has 1 amide bonds. The van der Waals surface area contributed by atoms with Crippen molar-refractivity contribution in [2.45, 2.75) is 19.4 Å². The maximum absolute atomic E-state index is 11.8. The number of phenolic OH excluding ortho intramolecular Hbond substituents is 1. The van der Waals surface area contributed by atoms with Crippen LogP contribution in [0.1, 0.15) is 24.9 Å². The van der Waals surface area contributed by atoms with Crippen LogP contribution in [0.5, 0.6) is 5.75 Å². The molecule has 0 radical (unpaired) electrons. The van der Waals surface area contributed by atoms with Crippen molar-refractivity contribution in [1.29, 1.82) is 0 Å². The van der Waals surface area contributed by atoms with E-state index in [9.17, 15) is 9.90 Å². The van der Waals surface area contributed by atoms with E-state index in [1.165, 1.54) is 0 Å². The van der Waals surface area contributed by atoms with Crippen molar-refractivity contribution < 1.29 is 9.90 Å². The summed E-state index contributed by atoms with van der Waals surface area (Å²) in [5, 5.41) is 9.23. The van der Waals surface area contributed by atoms with Crippen molar-refractivity contribution in [3.05, 3.63) is 29.8 Å². The molecule has 1 aliphatic heterocycles. The highest BCUT2D eigenvalue weighted by molar-refractivity contribution is 5.79. The van der Waals surface area contributed by atoms with Crippen molar-refractivity contribution in [3.63, 3.8) is 0 Å². The summed E-state index contributed by atoms with van der Waals surface area (Å²) in [6.07, 6.45) is 5.80. The summed E-state index contributed by atoms with van der Waals surface area (Å²) in [5.74, 6) is 3.00. The Morgan fingerprint density at radius 3 is 2.65 bits per heavy atom. The summed E-state index contributed by atoms with van der Waals surface area (Å²) in [6.45, 7) is 2.60. The van der Waals surface area contributed by atoms with Crippen molar-refractivity contribution in [3.8, 4) is 18.1 Å². The third kappa shape index (κ3) is 2.26. The van der Waals surface area contributed by atoms with E-state index in [0.29, 0.717) is 13.0 Å². The SMILES string of the molecule is C#CC1CC(=O)N(C(C)c2ccc(O)cc2)C1. The van der Waals surface area contributed by atoms with Gasteiger partial charge < -0.3 is 10.0 Å².